The highest BCUT2D eigenvalue weighted by atomic mass is 19.1. The Kier molecular flexibility index (Phi) is 7.58. The van der Waals surface area contributed by atoms with Gasteiger partial charge in [-0.3, -0.25) is 0 Å². The van der Waals surface area contributed by atoms with E-state index in [4.69, 9.17) is 0 Å². The Labute approximate surface area is 167 Å². The SMILES string of the molecule is CCCCCCCC1CCC(c2ccc(-c3c(F)cc(F)cc3F)cc2)CC1. The number of hydrogen-bond acceptors (Lipinski definition) is 0. The van der Waals surface area contributed by atoms with E-state index < -0.39 is 17.5 Å². The van der Waals surface area contributed by atoms with E-state index >= 15 is 0 Å². The van der Waals surface area contributed by atoms with Crippen LogP contribution in [-0.2, 0) is 0 Å². The minimum atomic E-state index is -0.891. The average molecular weight is 389 g/mol. The van der Waals surface area contributed by atoms with Gasteiger partial charge in [0.15, 0.2) is 0 Å². The van der Waals surface area contributed by atoms with Crippen LogP contribution < -0.4 is 0 Å². The molecule has 1 saturated carbocycles. The van der Waals surface area contributed by atoms with Crippen LogP contribution in [0.5, 0.6) is 0 Å². The molecule has 0 atom stereocenters. The molecule has 0 aliphatic heterocycles. The largest absolute Gasteiger partial charge is 0.207 e. The zero-order valence-electron chi connectivity index (χ0n) is 16.8. The fourth-order valence-corrected chi connectivity index (χ4v) is 4.56. The first-order valence-electron chi connectivity index (χ1n) is 10.8. The Balaban J connectivity index is 1.54. The molecule has 0 aromatic heterocycles. The van der Waals surface area contributed by atoms with Gasteiger partial charge >= 0.3 is 0 Å². The van der Waals surface area contributed by atoms with Crippen molar-refractivity contribution in [3.05, 3.63) is 59.4 Å². The van der Waals surface area contributed by atoms with E-state index in [1.165, 1.54) is 69.8 Å². The summed E-state index contributed by atoms with van der Waals surface area (Å²) >= 11 is 0. The summed E-state index contributed by atoms with van der Waals surface area (Å²) in [4.78, 5) is 0. The van der Waals surface area contributed by atoms with Crippen LogP contribution in [0.3, 0.4) is 0 Å². The maximum absolute atomic E-state index is 14.0. The third kappa shape index (κ3) is 5.40. The fourth-order valence-electron chi connectivity index (χ4n) is 4.56. The molecule has 0 spiro atoms. The van der Waals surface area contributed by atoms with E-state index in [-0.39, 0.29) is 5.56 Å². The Hall–Kier alpha value is -1.77. The lowest BCUT2D eigenvalue weighted by molar-refractivity contribution is 0.302. The molecule has 1 aliphatic carbocycles. The van der Waals surface area contributed by atoms with Gasteiger partial charge in [0.2, 0.25) is 0 Å². The molecule has 0 N–H and O–H groups in total. The van der Waals surface area contributed by atoms with Crippen molar-refractivity contribution in [3.8, 4) is 11.1 Å². The van der Waals surface area contributed by atoms with Crippen LogP contribution in [0.1, 0.15) is 82.6 Å². The molecule has 0 nitrogen and oxygen atoms in total. The smallest absolute Gasteiger partial charge is 0.136 e. The van der Waals surface area contributed by atoms with Crippen LogP contribution in [0.25, 0.3) is 11.1 Å². The maximum Gasteiger partial charge on any atom is 0.136 e. The summed E-state index contributed by atoms with van der Waals surface area (Å²) in [7, 11) is 0. The third-order valence-electron chi connectivity index (χ3n) is 6.24. The maximum atomic E-state index is 14.0. The van der Waals surface area contributed by atoms with Gasteiger partial charge in [-0.1, -0.05) is 69.7 Å². The molecule has 0 amide bonds. The monoisotopic (exact) mass is 388 g/mol. The van der Waals surface area contributed by atoms with Crippen LogP contribution in [0.2, 0.25) is 0 Å². The summed E-state index contributed by atoms with van der Waals surface area (Å²) in [5.41, 5.74) is 1.55. The van der Waals surface area contributed by atoms with Crippen molar-refractivity contribution in [1.29, 1.82) is 0 Å². The highest BCUT2D eigenvalue weighted by Gasteiger charge is 2.22. The molecule has 0 bridgehead atoms. The molecule has 2 aromatic rings. The predicted molar refractivity (Wildman–Crippen MR) is 110 cm³/mol. The van der Waals surface area contributed by atoms with Crippen LogP contribution in [0, 0.1) is 23.4 Å². The van der Waals surface area contributed by atoms with Crippen LogP contribution >= 0.6 is 0 Å². The van der Waals surface area contributed by atoms with Crippen LogP contribution in [-0.4, -0.2) is 0 Å². The second kappa shape index (κ2) is 10.1. The van der Waals surface area contributed by atoms with E-state index in [0.717, 1.165) is 18.1 Å². The highest BCUT2D eigenvalue weighted by molar-refractivity contribution is 5.65. The molecule has 0 radical (unpaired) electrons. The number of unbranched alkanes of at least 4 members (excludes halogenated alkanes) is 4. The second-order valence-corrected chi connectivity index (χ2v) is 8.29. The van der Waals surface area contributed by atoms with Crippen molar-refractivity contribution in [3.63, 3.8) is 0 Å². The molecule has 2 aromatic carbocycles. The number of rotatable bonds is 8. The van der Waals surface area contributed by atoms with Gasteiger partial charge in [-0.2, -0.15) is 0 Å². The van der Waals surface area contributed by atoms with Gasteiger partial charge in [0.05, 0.1) is 5.56 Å². The summed E-state index contributed by atoms with van der Waals surface area (Å²) in [5, 5.41) is 0. The van der Waals surface area contributed by atoms with E-state index in [0.29, 0.717) is 11.5 Å². The van der Waals surface area contributed by atoms with Crippen molar-refractivity contribution < 1.29 is 13.2 Å². The Morgan fingerprint density at radius 3 is 2.00 bits per heavy atom. The first-order chi connectivity index (χ1) is 13.6. The van der Waals surface area contributed by atoms with E-state index in [1.54, 1.807) is 12.1 Å². The van der Waals surface area contributed by atoms with Crippen molar-refractivity contribution in [2.75, 3.05) is 0 Å². The van der Waals surface area contributed by atoms with E-state index in [9.17, 15) is 13.2 Å². The molecule has 0 unspecified atom stereocenters. The van der Waals surface area contributed by atoms with Gasteiger partial charge in [0, 0.05) is 12.1 Å². The summed E-state index contributed by atoms with van der Waals surface area (Å²) in [6.07, 6.45) is 13.1. The minimum Gasteiger partial charge on any atom is -0.207 e. The second-order valence-electron chi connectivity index (χ2n) is 8.29. The highest BCUT2D eigenvalue weighted by Crippen LogP contribution is 2.38. The summed E-state index contributed by atoms with van der Waals surface area (Å²) in [5.74, 6) is -1.21. The normalized spacial score (nSPS) is 19.7. The van der Waals surface area contributed by atoms with Crippen LogP contribution in [0.4, 0.5) is 13.2 Å². The standard InChI is InChI=1S/C25H31F3/c1-2-3-4-5-6-7-18-8-10-19(11-9-18)20-12-14-21(15-13-20)25-23(27)16-22(26)17-24(25)28/h12-19H,2-11H2,1H3. The molecule has 152 valence electrons. The van der Waals surface area contributed by atoms with Gasteiger partial charge in [0.1, 0.15) is 17.5 Å². The first-order valence-corrected chi connectivity index (χ1v) is 10.8. The van der Waals surface area contributed by atoms with Gasteiger partial charge in [-0.05, 0) is 48.6 Å². The number of hydrogen-bond donors (Lipinski definition) is 0. The fraction of sp³-hybridized carbons (Fsp3) is 0.520. The molecule has 3 rings (SSSR count). The quantitative estimate of drug-likeness (QED) is 0.398. The molecule has 0 heterocycles. The van der Waals surface area contributed by atoms with Crippen molar-refractivity contribution in [1.82, 2.24) is 0 Å². The van der Waals surface area contributed by atoms with Gasteiger partial charge < -0.3 is 0 Å². The summed E-state index contributed by atoms with van der Waals surface area (Å²) in [6.45, 7) is 2.25. The van der Waals surface area contributed by atoms with Gasteiger partial charge in [-0.15, -0.1) is 0 Å². The average Bonchev–Trinajstić information content (AvgIpc) is 2.68. The number of benzene rings is 2. The molecule has 1 aliphatic rings. The van der Waals surface area contributed by atoms with Gasteiger partial charge in [0.25, 0.3) is 0 Å². The molecule has 0 saturated heterocycles. The van der Waals surface area contributed by atoms with Crippen molar-refractivity contribution in [2.24, 2.45) is 5.92 Å². The lowest BCUT2D eigenvalue weighted by atomic mass is 9.77. The molecular formula is C25H31F3. The summed E-state index contributed by atoms with van der Waals surface area (Å²) in [6, 6.07) is 8.94. The molecule has 28 heavy (non-hydrogen) atoms. The lowest BCUT2D eigenvalue weighted by Gasteiger charge is -2.29. The van der Waals surface area contributed by atoms with E-state index in [1.807, 2.05) is 12.1 Å². The van der Waals surface area contributed by atoms with Crippen LogP contribution in [0.15, 0.2) is 36.4 Å². The van der Waals surface area contributed by atoms with Crippen molar-refractivity contribution in [2.45, 2.75) is 77.0 Å². The molecule has 3 heteroatoms. The Morgan fingerprint density at radius 1 is 0.786 bits per heavy atom. The predicted octanol–water partition coefficient (Wildman–Crippen LogP) is 8.41. The zero-order chi connectivity index (χ0) is 19.9. The minimum absolute atomic E-state index is 0.153. The Bertz CT molecular complexity index is 720. The zero-order valence-corrected chi connectivity index (χ0v) is 16.8. The number of halogens is 3. The van der Waals surface area contributed by atoms with Gasteiger partial charge in [-0.25, -0.2) is 13.2 Å². The Morgan fingerprint density at radius 2 is 1.39 bits per heavy atom. The third-order valence-corrected chi connectivity index (χ3v) is 6.24. The first kappa shape index (κ1) is 21.0. The van der Waals surface area contributed by atoms with E-state index in [2.05, 4.69) is 6.92 Å². The summed E-state index contributed by atoms with van der Waals surface area (Å²) < 4.78 is 41.1. The molecule has 1 fully saturated rings. The lowest BCUT2D eigenvalue weighted by Crippen LogP contribution is -2.13. The topological polar surface area (TPSA) is 0 Å². The van der Waals surface area contributed by atoms with Crippen molar-refractivity contribution >= 4 is 0 Å². The molecular weight excluding hydrogens is 357 g/mol.